The summed E-state index contributed by atoms with van der Waals surface area (Å²) in [4.78, 5) is 32.8. The summed E-state index contributed by atoms with van der Waals surface area (Å²) < 4.78 is 5.55. The van der Waals surface area contributed by atoms with Crippen LogP contribution < -0.4 is 19.9 Å². The fraction of sp³-hybridized carbons (Fsp3) is 0.310. The number of halogens is 2. The van der Waals surface area contributed by atoms with Crippen LogP contribution in [0.15, 0.2) is 60.7 Å². The maximum absolute atomic E-state index is 13.6. The van der Waals surface area contributed by atoms with E-state index in [2.05, 4.69) is 21.2 Å². The van der Waals surface area contributed by atoms with E-state index in [1.165, 1.54) is 6.07 Å². The molecule has 3 aromatic rings. The van der Waals surface area contributed by atoms with Crippen LogP contribution >= 0.6 is 23.2 Å². The van der Waals surface area contributed by atoms with Crippen molar-refractivity contribution in [3.63, 3.8) is 0 Å². The topological polar surface area (TPSA) is 65.1 Å². The number of ether oxygens (including phenoxy) is 1. The number of piperazine rings is 1. The number of nitrogens with one attached hydrogen (secondary N) is 1. The maximum Gasteiger partial charge on any atom is 0.257 e. The van der Waals surface area contributed by atoms with Crippen molar-refractivity contribution >= 4 is 52.1 Å². The van der Waals surface area contributed by atoms with E-state index in [0.29, 0.717) is 34.9 Å². The molecule has 1 fully saturated rings. The Balaban J connectivity index is 1.59. The highest BCUT2D eigenvalue weighted by atomic mass is 35.5. The van der Waals surface area contributed by atoms with E-state index in [4.69, 9.17) is 27.9 Å². The van der Waals surface area contributed by atoms with Gasteiger partial charge in [-0.25, -0.2) is 0 Å². The lowest BCUT2D eigenvalue weighted by Crippen LogP contribution is -2.47. The normalized spacial score (nSPS) is 13.3. The molecule has 0 bridgehead atoms. The number of benzene rings is 3. The lowest BCUT2D eigenvalue weighted by Gasteiger charge is -2.38. The third kappa shape index (κ3) is 6.00. The maximum atomic E-state index is 13.6. The number of nitrogens with zero attached hydrogens (tertiary/aromatic N) is 3. The zero-order valence-electron chi connectivity index (χ0n) is 21.8. The molecule has 0 atom stereocenters. The fourth-order valence-electron chi connectivity index (χ4n) is 4.69. The van der Waals surface area contributed by atoms with Gasteiger partial charge in [0, 0.05) is 55.7 Å². The van der Waals surface area contributed by atoms with Gasteiger partial charge in [0.15, 0.2) is 0 Å². The number of rotatable bonds is 8. The zero-order chi connectivity index (χ0) is 27.2. The number of hydrogen-bond acceptors (Lipinski definition) is 5. The number of hydrogen-bond donors (Lipinski definition) is 1. The Hall–Kier alpha value is -3.42. The second-order valence-corrected chi connectivity index (χ2v) is 9.78. The van der Waals surface area contributed by atoms with Crippen molar-refractivity contribution in [2.24, 2.45) is 0 Å². The van der Waals surface area contributed by atoms with E-state index in [0.717, 1.165) is 43.3 Å². The summed E-state index contributed by atoms with van der Waals surface area (Å²) in [5, 5.41) is 3.60. The molecular weight excluding hydrogens is 523 g/mol. The predicted molar refractivity (Wildman–Crippen MR) is 156 cm³/mol. The minimum Gasteiger partial charge on any atom is -0.495 e. The number of methoxy groups -OCH3 is 1. The van der Waals surface area contributed by atoms with Crippen LogP contribution in [0.4, 0.5) is 17.1 Å². The molecule has 38 heavy (non-hydrogen) atoms. The minimum absolute atomic E-state index is 0.0715. The Morgan fingerprint density at radius 2 is 1.53 bits per heavy atom. The largest absolute Gasteiger partial charge is 0.495 e. The van der Waals surface area contributed by atoms with Crippen LogP contribution in [0.3, 0.4) is 0 Å². The van der Waals surface area contributed by atoms with Gasteiger partial charge >= 0.3 is 0 Å². The predicted octanol–water partition coefficient (Wildman–Crippen LogP) is 6.06. The first-order valence-corrected chi connectivity index (χ1v) is 13.4. The van der Waals surface area contributed by atoms with Crippen LogP contribution in [0.25, 0.3) is 0 Å². The lowest BCUT2D eigenvalue weighted by atomic mass is 10.1. The summed E-state index contributed by atoms with van der Waals surface area (Å²) in [6.07, 6.45) is 0. The molecule has 0 aromatic heterocycles. The molecule has 1 N–H and O–H groups in total. The Kier molecular flexibility index (Phi) is 9.02. The first kappa shape index (κ1) is 27.6. The molecule has 2 amide bonds. The van der Waals surface area contributed by atoms with Gasteiger partial charge < -0.3 is 24.8 Å². The standard InChI is InChI=1S/C29H32Cl2N4O3/c1-4-33(5-2)29(37)23-19-21(32-28(36)22-12-10-20(30)18-24(22)31)11-13-25(23)34-14-16-35(17-15-34)26-8-6-7-9-27(26)38-3/h6-13,18-19H,4-5,14-17H2,1-3H3,(H,32,36). The number of anilines is 3. The quantitative estimate of drug-likeness (QED) is 0.366. The molecule has 4 rings (SSSR count). The second kappa shape index (κ2) is 12.4. The van der Waals surface area contributed by atoms with Gasteiger partial charge in [0.1, 0.15) is 5.75 Å². The lowest BCUT2D eigenvalue weighted by molar-refractivity contribution is 0.0773. The highest BCUT2D eigenvalue weighted by Crippen LogP contribution is 2.32. The van der Waals surface area contributed by atoms with Crippen molar-refractivity contribution in [1.82, 2.24) is 4.90 Å². The van der Waals surface area contributed by atoms with Gasteiger partial charge in [0.2, 0.25) is 0 Å². The molecular formula is C29H32Cl2N4O3. The SMILES string of the molecule is CCN(CC)C(=O)c1cc(NC(=O)c2ccc(Cl)cc2Cl)ccc1N1CCN(c2ccccc2OC)CC1. The van der Waals surface area contributed by atoms with E-state index in [1.807, 2.05) is 44.2 Å². The average Bonchev–Trinajstić information content (AvgIpc) is 2.93. The highest BCUT2D eigenvalue weighted by molar-refractivity contribution is 6.37. The Labute approximate surface area is 233 Å². The average molecular weight is 556 g/mol. The van der Waals surface area contributed by atoms with Crippen LogP contribution in [0.2, 0.25) is 10.0 Å². The summed E-state index contributed by atoms with van der Waals surface area (Å²) in [7, 11) is 1.68. The number of para-hydroxylation sites is 2. The van der Waals surface area contributed by atoms with Crippen LogP contribution in [-0.4, -0.2) is 63.1 Å². The first-order valence-electron chi connectivity index (χ1n) is 12.7. The Bertz CT molecular complexity index is 1300. The molecule has 1 heterocycles. The van der Waals surface area contributed by atoms with Crippen LogP contribution in [0.5, 0.6) is 5.75 Å². The molecule has 1 aliphatic rings. The van der Waals surface area contributed by atoms with Gasteiger partial charge in [0.05, 0.1) is 28.9 Å². The van der Waals surface area contributed by atoms with Gasteiger partial charge in [-0.2, -0.15) is 0 Å². The molecule has 200 valence electrons. The number of amides is 2. The van der Waals surface area contributed by atoms with Crippen molar-refractivity contribution in [2.75, 3.05) is 61.5 Å². The first-order chi connectivity index (χ1) is 18.4. The van der Waals surface area contributed by atoms with Crippen LogP contribution in [0, 0.1) is 0 Å². The molecule has 9 heteroatoms. The van der Waals surface area contributed by atoms with Crippen molar-refractivity contribution in [2.45, 2.75) is 13.8 Å². The molecule has 0 unspecified atom stereocenters. The third-order valence-corrected chi connectivity index (χ3v) is 7.31. The van der Waals surface area contributed by atoms with E-state index < -0.39 is 0 Å². The van der Waals surface area contributed by atoms with E-state index in [1.54, 1.807) is 30.2 Å². The number of carbonyl (C=O) groups excluding carboxylic acids is 2. The molecule has 7 nitrogen and oxygen atoms in total. The zero-order valence-corrected chi connectivity index (χ0v) is 23.4. The van der Waals surface area contributed by atoms with Crippen molar-refractivity contribution in [3.05, 3.63) is 81.8 Å². The van der Waals surface area contributed by atoms with Crippen molar-refractivity contribution < 1.29 is 14.3 Å². The summed E-state index contributed by atoms with van der Waals surface area (Å²) in [6.45, 7) is 8.15. The van der Waals surface area contributed by atoms with Crippen molar-refractivity contribution in [1.29, 1.82) is 0 Å². The minimum atomic E-state index is -0.369. The molecule has 0 spiro atoms. The van der Waals surface area contributed by atoms with Gasteiger partial charge in [-0.05, 0) is 62.4 Å². The van der Waals surface area contributed by atoms with Gasteiger partial charge in [-0.3, -0.25) is 9.59 Å². The van der Waals surface area contributed by atoms with E-state index in [9.17, 15) is 9.59 Å². The van der Waals surface area contributed by atoms with Gasteiger partial charge in [0.25, 0.3) is 11.8 Å². The molecule has 1 saturated heterocycles. The third-order valence-electron chi connectivity index (χ3n) is 6.76. The molecule has 0 radical (unpaired) electrons. The monoisotopic (exact) mass is 554 g/mol. The summed E-state index contributed by atoms with van der Waals surface area (Å²) in [5.41, 5.74) is 3.30. The molecule has 0 aliphatic carbocycles. The molecule has 0 saturated carbocycles. The van der Waals surface area contributed by atoms with Gasteiger partial charge in [-0.15, -0.1) is 0 Å². The van der Waals surface area contributed by atoms with E-state index >= 15 is 0 Å². The van der Waals surface area contributed by atoms with Crippen LogP contribution in [-0.2, 0) is 0 Å². The van der Waals surface area contributed by atoms with Crippen LogP contribution in [0.1, 0.15) is 34.6 Å². The smallest absolute Gasteiger partial charge is 0.257 e. The van der Waals surface area contributed by atoms with E-state index in [-0.39, 0.29) is 16.8 Å². The van der Waals surface area contributed by atoms with Gasteiger partial charge in [-0.1, -0.05) is 35.3 Å². The van der Waals surface area contributed by atoms with Crippen molar-refractivity contribution in [3.8, 4) is 5.75 Å². The second-order valence-electron chi connectivity index (χ2n) is 8.93. The summed E-state index contributed by atoms with van der Waals surface area (Å²) >= 11 is 12.2. The summed E-state index contributed by atoms with van der Waals surface area (Å²) in [6, 6.07) is 18.2. The Morgan fingerprint density at radius 1 is 0.868 bits per heavy atom. The Morgan fingerprint density at radius 3 is 2.16 bits per heavy atom. The molecule has 3 aromatic carbocycles. The fourth-order valence-corrected chi connectivity index (χ4v) is 5.19. The summed E-state index contributed by atoms with van der Waals surface area (Å²) in [5.74, 6) is 0.406. The molecule has 1 aliphatic heterocycles. The highest BCUT2D eigenvalue weighted by Gasteiger charge is 2.25. The number of carbonyl (C=O) groups is 2.